The van der Waals surface area contributed by atoms with Gasteiger partial charge in [0.1, 0.15) is 6.33 Å². The van der Waals surface area contributed by atoms with Crippen LogP contribution in [0.15, 0.2) is 29.6 Å². The van der Waals surface area contributed by atoms with E-state index in [4.69, 9.17) is 21.7 Å². The first-order chi connectivity index (χ1) is 11.2. The Morgan fingerprint density at radius 3 is 2.83 bits per heavy atom. The van der Waals surface area contributed by atoms with E-state index in [1.165, 1.54) is 23.8 Å². The Hall–Kier alpha value is -2.15. The number of ether oxygens (including phenoxy) is 2. The predicted molar refractivity (Wildman–Crippen MR) is 93.0 cm³/mol. The number of unbranched alkanes of at least 4 members (excludes halogenated alkanes) is 2. The summed E-state index contributed by atoms with van der Waals surface area (Å²) >= 11 is 5.04. The lowest BCUT2D eigenvalue weighted by molar-refractivity contribution is 0.271. The molecule has 0 aliphatic rings. The Bertz CT molecular complexity index is 693. The first-order valence-corrected chi connectivity index (χ1v) is 8.21. The summed E-state index contributed by atoms with van der Waals surface area (Å²) in [7, 11) is 0. The van der Waals surface area contributed by atoms with Crippen LogP contribution in [0.5, 0.6) is 11.5 Å². The summed E-state index contributed by atoms with van der Waals surface area (Å²) in [5.74, 6) is 1.49. The third-order valence-corrected chi connectivity index (χ3v) is 3.42. The van der Waals surface area contributed by atoms with Gasteiger partial charge in [-0.25, -0.2) is 0 Å². The van der Waals surface area contributed by atoms with E-state index in [2.05, 4.69) is 22.2 Å². The van der Waals surface area contributed by atoms with Crippen molar-refractivity contribution in [3.05, 3.63) is 34.9 Å². The number of nitrogens with one attached hydrogen (secondary N) is 1. The number of aromatic amines is 1. The van der Waals surface area contributed by atoms with Crippen molar-refractivity contribution >= 4 is 18.4 Å². The lowest BCUT2D eigenvalue weighted by Crippen LogP contribution is -2.01. The van der Waals surface area contributed by atoms with Crippen molar-refractivity contribution in [3.8, 4) is 11.5 Å². The summed E-state index contributed by atoms with van der Waals surface area (Å²) in [5, 5.41) is 10.7. The molecule has 2 aromatic rings. The van der Waals surface area contributed by atoms with E-state index in [9.17, 15) is 0 Å². The Morgan fingerprint density at radius 2 is 2.13 bits per heavy atom. The van der Waals surface area contributed by atoms with Gasteiger partial charge in [0.15, 0.2) is 11.5 Å². The van der Waals surface area contributed by atoms with Crippen LogP contribution in [0.1, 0.15) is 38.7 Å². The molecule has 0 saturated heterocycles. The Morgan fingerprint density at radius 1 is 1.26 bits per heavy atom. The smallest absolute Gasteiger partial charge is 0.216 e. The van der Waals surface area contributed by atoms with Gasteiger partial charge < -0.3 is 9.47 Å². The number of nitrogens with zero attached hydrogens (tertiary/aromatic N) is 3. The predicted octanol–water partition coefficient (Wildman–Crippen LogP) is 3.79. The first kappa shape index (κ1) is 17.2. The molecule has 2 rings (SSSR count). The average molecular weight is 334 g/mol. The van der Waals surface area contributed by atoms with Crippen LogP contribution in [0.2, 0.25) is 0 Å². The van der Waals surface area contributed by atoms with Gasteiger partial charge in [-0.15, -0.1) is 0 Å². The normalized spacial score (nSPS) is 11.0. The molecular weight excluding hydrogens is 312 g/mol. The van der Waals surface area contributed by atoms with Gasteiger partial charge >= 0.3 is 0 Å². The highest BCUT2D eigenvalue weighted by atomic mass is 32.1. The van der Waals surface area contributed by atoms with Gasteiger partial charge in [0.05, 0.1) is 19.4 Å². The molecule has 1 heterocycles. The largest absolute Gasteiger partial charge is 0.490 e. The number of hydrogen-bond donors (Lipinski definition) is 1. The number of H-pyrrole nitrogens is 1. The van der Waals surface area contributed by atoms with Gasteiger partial charge in [0.2, 0.25) is 4.77 Å². The number of aromatic nitrogens is 3. The molecule has 0 atom stereocenters. The van der Waals surface area contributed by atoms with Crippen molar-refractivity contribution in [2.45, 2.75) is 33.1 Å². The second-order valence-electron chi connectivity index (χ2n) is 4.95. The third-order valence-electron chi connectivity index (χ3n) is 3.14. The monoisotopic (exact) mass is 334 g/mol. The topological polar surface area (TPSA) is 64.4 Å². The molecule has 6 nitrogen and oxygen atoms in total. The third kappa shape index (κ3) is 5.21. The number of benzene rings is 1. The highest BCUT2D eigenvalue weighted by Gasteiger charge is 2.06. The fourth-order valence-electron chi connectivity index (χ4n) is 1.98. The summed E-state index contributed by atoms with van der Waals surface area (Å²) in [6, 6.07) is 5.75. The van der Waals surface area contributed by atoms with Crippen LogP contribution in [0, 0.1) is 4.77 Å². The Kier molecular flexibility index (Phi) is 6.80. The summed E-state index contributed by atoms with van der Waals surface area (Å²) in [6.07, 6.45) is 6.61. The molecule has 0 aliphatic carbocycles. The summed E-state index contributed by atoms with van der Waals surface area (Å²) in [6.45, 7) is 5.41. The molecule has 0 spiro atoms. The lowest BCUT2D eigenvalue weighted by atomic mass is 10.2. The van der Waals surface area contributed by atoms with Crippen molar-refractivity contribution in [2.24, 2.45) is 5.10 Å². The zero-order valence-electron chi connectivity index (χ0n) is 13.5. The molecule has 1 aromatic heterocycles. The van der Waals surface area contributed by atoms with Crippen LogP contribution in [-0.4, -0.2) is 34.3 Å². The van der Waals surface area contributed by atoms with E-state index in [1.807, 2.05) is 25.1 Å². The summed E-state index contributed by atoms with van der Waals surface area (Å²) in [4.78, 5) is 0. The van der Waals surface area contributed by atoms with Crippen molar-refractivity contribution in [1.29, 1.82) is 0 Å². The van der Waals surface area contributed by atoms with Crippen LogP contribution in [-0.2, 0) is 0 Å². The fraction of sp³-hybridized carbons (Fsp3) is 0.438. The van der Waals surface area contributed by atoms with Crippen molar-refractivity contribution in [1.82, 2.24) is 14.9 Å². The molecule has 0 aliphatic heterocycles. The van der Waals surface area contributed by atoms with Gasteiger partial charge in [-0.1, -0.05) is 19.8 Å². The van der Waals surface area contributed by atoms with Crippen LogP contribution in [0.3, 0.4) is 0 Å². The van der Waals surface area contributed by atoms with Crippen LogP contribution in [0.4, 0.5) is 0 Å². The zero-order chi connectivity index (χ0) is 16.5. The van der Waals surface area contributed by atoms with Crippen LogP contribution >= 0.6 is 12.2 Å². The van der Waals surface area contributed by atoms with E-state index in [0.29, 0.717) is 18.0 Å². The van der Waals surface area contributed by atoms with Gasteiger partial charge in [-0.3, -0.25) is 5.10 Å². The first-order valence-electron chi connectivity index (χ1n) is 7.80. The van der Waals surface area contributed by atoms with Crippen molar-refractivity contribution in [2.75, 3.05) is 13.2 Å². The number of rotatable bonds is 9. The Balaban J connectivity index is 2.10. The molecular formula is C16H22N4O2S. The van der Waals surface area contributed by atoms with Crippen LogP contribution < -0.4 is 9.47 Å². The van der Waals surface area contributed by atoms with E-state index in [1.54, 1.807) is 6.21 Å². The van der Waals surface area contributed by atoms with Gasteiger partial charge in [0.25, 0.3) is 0 Å². The molecule has 0 radical (unpaired) electrons. The van der Waals surface area contributed by atoms with E-state index < -0.39 is 0 Å². The average Bonchev–Trinajstić information content (AvgIpc) is 2.96. The van der Waals surface area contributed by atoms with Crippen molar-refractivity contribution in [3.63, 3.8) is 0 Å². The SMILES string of the molecule is CCCCCOc1ccc(/C=N\n2cn[nH]c2=S)cc1OCC. The molecule has 0 bridgehead atoms. The molecule has 0 fully saturated rings. The van der Waals surface area contributed by atoms with Gasteiger partial charge in [0, 0.05) is 0 Å². The van der Waals surface area contributed by atoms with Gasteiger partial charge in [-0.2, -0.15) is 14.9 Å². The minimum atomic E-state index is 0.446. The highest BCUT2D eigenvalue weighted by molar-refractivity contribution is 7.71. The summed E-state index contributed by atoms with van der Waals surface area (Å²) < 4.78 is 13.4. The van der Waals surface area contributed by atoms with Gasteiger partial charge in [-0.05, 0) is 49.3 Å². The molecule has 0 saturated carbocycles. The minimum Gasteiger partial charge on any atom is -0.490 e. The highest BCUT2D eigenvalue weighted by Crippen LogP contribution is 2.28. The molecule has 1 aromatic carbocycles. The van der Waals surface area contributed by atoms with E-state index in [0.717, 1.165) is 23.5 Å². The standard InChI is InChI=1S/C16H22N4O2S/c1-3-5-6-9-22-14-8-7-13(10-15(14)21-4-2)11-18-20-12-17-19-16(20)23/h7-8,10-12H,3-6,9H2,1-2H3,(H,19,23)/b18-11-. The Labute approximate surface area is 141 Å². The second-order valence-corrected chi connectivity index (χ2v) is 5.33. The maximum absolute atomic E-state index is 5.81. The minimum absolute atomic E-state index is 0.446. The summed E-state index contributed by atoms with van der Waals surface area (Å²) in [5.41, 5.74) is 0.900. The fourth-order valence-corrected chi connectivity index (χ4v) is 2.13. The molecule has 7 heteroatoms. The van der Waals surface area contributed by atoms with Crippen molar-refractivity contribution < 1.29 is 9.47 Å². The molecule has 0 amide bonds. The molecule has 0 unspecified atom stereocenters. The second kappa shape index (κ2) is 9.09. The van der Waals surface area contributed by atoms with Crippen LogP contribution in [0.25, 0.3) is 0 Å². The zero-order valence-corrected chi connectivity index (χ0v) is 14.3. The van der Waals surface area contributed by atoms with E-state index in [-0.39, 0.29) is 0 Å². The number of hydrogen-bond acceptors (Lipinski definition) is 5. The molecule has 1 N–H and O–H groups in total. The maximum atomic E-state index is 5.81. The van der Waals surface area contributed by atoms with E-state index >= 15 is 0 Å². The molecule has 23 heavy (non-hydrogen) atoms. The quantitative estimate of drug-likeness (QED) is 0.430. The maximum Gasteiger partial charge on any atom is 0.216 e. The lowest BCUT2D eigenvalue weighted by Gasteiger charge is -2.12. The molecule has 124 valence electrons.